The first-order valence-corrected chi connectivity index (χ1v) is 6.31. The fraction of sp³-hybridized carbons (Fsp3) is 0.273. The zero-order valence-electron chi connectivity index (χ0n) is 9.52. The van der Waals surface area contributed by atoms with E-state index in [1.165, 1.54) is 11.8 Å². The lowest BCUT2D eigenvalue weighted by Gasteiger charge is -2.03. The molecular formula is C11H11N5OS. The molecule has 1 N–H and O–H groups in total. The third-order valence-corrected chi connectivity index (χ3v) is 3.31. The second-order valence-corrected chi connectivity index (χ2v) is 4.41. The average Bonchev–Trinajstić information content (AvgIpc) is 2.84. The van der Waals surface area contributed by atoms with Gasteiger partial charge in [-0.05, 0) is 22.1 Å². The lowest BCUT2D eigenvalue weighted by Crippen LogP contribution is -2.05. The van der Waals surface area contributed by atoms with Gasteiger partial charge in [-0.3, -0.25) is 0 Å². The van der Waals surface area contributed by atoms with Crippen LogP contribution in [-0.2, 0) is 12.3 Å². The maximum absolute atomic E-state index is 8.98. The molecular weight excluding hydrogens is 250 g/mol. The molecule has 0 atom stereocenters. The zero-order chi connectivity index (χ0) is 12.8. The van der Waals surface area contributed by atoms with Crippen LogP contribution in [0.1, 0.15) is 11.1 Å². The van der Waals surface area contributed by atoms with Gasteiger partial charge in [0, 0.05) is 5.75 Å². The lowest BCUT2D eigenvalue weighted by molar-refractivity contribution is 0.262. The number of hydrogen-bond acceptors (Lipinski definition) is 6. The Labute approximate surface area is 108 Å². The van der Waals surface area contributed by atoms with Crippen LogP contribution in [0.5, 0.6) is 0 Å². The second kappa shape index (κ2) is 6.14. The van der Waals surface area contributed by atoms with Crippen molar-refractivity contribution < 1.29 is 5.11 Å². The van der Waals surface area contributed by atoms with Gasteiger partial charge in [-0.15, -0.1) is 5.10 Å². The van der Waals surface area contributed by atoms with Gasteiger partial charge in [-0.2, -0.15) is 5.26 Å². The molecule has 1 heterocycles. The number of aromatic nitrogens is 4. The molecule has 0 bridgehead atoms. The first-order chi connectivity index (χ1) is 8.85. The summed E-state index contributed by atoms with van der Waals surface area (Å²) >= 11 is 1.44. The van der Waals surface area contributed by atoms with Crippen LogP contribution in [0, 0.1) is 11.3 Å². The molecule has 0 amide bonds. The molecule has 0 radical (unpaired) electrons. The predicted octanol–water partition coefficient (Wildman–Crippen LogP) is 0.829. The maximum Gasteiger partial charge on any atom is 0.209 e. The standard InChI is InChI=1S/C11H11N5OS/c12-7-9-3-1-2-4-10(9)8-18-11-13-14-15-16(11)5-6-17/h1-4,17H,5-6,8H2. The summed E-state index contributed by atoms with van der Waals surface area (Å²) in [6, 6.07) is 9.58. The Kier molecular flexibility index (Phi) is 4.28. The number of hydrogen-bond donors (Lipinski definition) is 1. The van der Waals surface area contributed by atoms with Crippen molar-refractivity contribution >= 4 is 11.8 Å². The van der Waals surface area contributed by atoms with Gasteiger partial charge in [0.15, 0.2) is 0 Å². The summed E-state index contributed by atoms with van der Waals surface area (Å²) in [6.07, 6.45) is 0. The summed E-state index contributed by atoms with van der Waals surface area (Å²) in [4.78, 5) is 0. The fourth-order valence-electron chi connectivity index (χ4n) is 1.43. The lowest BCUT2D eigenvalue weighted by atomic mass is 10.1. The maximum atomic E-state index is 8.98. The first kappa shape index (κ1) is 12.5. The molecule has 0 aliphatic carbocycles. The number of nitrogens with zero attached hydrogens (tertiary/aromatic N) is 5. The molecule has 0 saturated carbocycles. The van der Waals surface area contributed by atoms with Gasteiger partial charge in [0.25, 0.3) is 0 Å². The van der Waals surface area contributed by atoms with Gasteiger partial charge in [0.05, 0.1) is 24.8 Å². The topological polar surface area (TPSA) is 87.6 Å². The van der Waals surface area contributed by atoms with Crippen molar-refractivity contribution in [3.05, 3.63) is 35.4 Å². The van der Waals surface area contributed by atoms with Crippen molar-refractivity contribution in [3.8, 4) is 6.07 Å². The van der Waals surface area contributed by atoms with E-state index in [0.717, 1.165) is 5.56 Å². The van der Waals surface area contributed by atoms with E-state index in [4.69, 9.17) is 10.4 Å². The molecule has 0 aliphatic heterocycles. The van der Waals surface area contributed by atoms with Crippen LogP contribution in [0.4, 0.5) is 0 Å². The molecule has 1 aromatic heterocycles. The molecule has 0 aliphatic rings. The van der Waals surface area contributed by atoms with E-state index in [1.54, 1.807) is 10.7 Å². The Morgan fingerprint density at radius 2 is 2.22 bits per heavy atom. The van der Waals surface area contributed by atoms with E-state index in [1.807, 2.05) is 18.2 Å². The highest BCUT2D eigenvalue weighted by Crippen LogP contribution is 2.21. The number of benzene rings is 1. The second-order valence-electron chi connectivity index (χ2n) is 3.47. The first-order valence-electron chi connectivity index (χ1n) is 5.33. The fourth-order valence-corrected chi connectivity index (χ4v) is 2.34. The number of aliphatic hydroxyl groups excluding tert-OH is 1. The van der Waals surface area contributed by atoms with Crippen LogP contribution in [0.15, 0.2) is 29.4 Å². The third-order valence-electron chi connectivity index (χ3n) is 2.31. The van der Waals surface area contributed by atoms with Gasteiger partial charge < -0.3 is 5.11 Å². The minimum Gasteiger partial charge on any atom is -0.394 e. The average molecular weight is 261 g/mol. The highest BCUT2D eigenvalue weighted by Gasteiger charge is 2.08. The van der Waals surface area contributed by atoms with Crippen molar-refractivity contribution in [1.29, 1.82) is 5.26 Å². The van der Waals surface area contributed by atoms with Crippen molar-refractivity contribution in [2.24, 2.45) is 0 Å². The molecule has 7 heteroatoms. The monoisotopic (exact) mass is 261 g/mol. The van der Waals surface area contributed by atoms with Gasteiger partial charge in [0.2, 0.25) is 5.16 Å². The van der Waals surface area contributed by atoms with Crippen molar-refractivity contribution in [1.82, 2.24) is 20.2 Å². The van der Waals surface area contributed by atoms with Crippen LogP contribution in [0.2, 0.25) is 0 Å². The Morgan fingerprint density at radius 3 is 3.00 bits per heavy atom. The largest absolute Gasteiger partial charge is 0.394 e. The Bertz CT molecular complexity index is 563. The number of rotatable bonds is 5. The normalized spacial score (nSPS) is 10.2. The molecule has 0 spiro atoms. The molecule has 2 rings (SSSR count). The molecule has 18 heavy (non-hydrogen) atoms. The Balaban J connectivity index is 2.07. The number of nitriles is 1. The summed E-state index contributed by atoms with van der Waals surface area (Å²) in [5.41, 5.74) is 1.61. The summed E-state index contributed by atoms with van der Waals surface area (Å²) in [7, 11) is 0. The highest BCUT2D eigenvalue weighted by atomic mass is 32.2. The van der Waals surface area contributed by atoms with E-state index >= 15 is 0 Å². The molecule has 0 fully saturated rings. The van der Waals surface area contributed by atoms with Gasteiger partial charge in [-0.1, -0.05) is 30.0 Å². The van der Waals surface area contributed by atoms with Crippen LogP contribution in [0.25, 0.3) is 0 Å². The molecule has 92 valence electrons. The molecule has 0 unspecified atom stereocenters. The molecule has 2 aromatic rings. The smallest absolute Gasteiger partial charge is 0.209 e. The summed E-state index contributed by atoms with van der Waals surface area (Å²) in [5, 5.41) is 29.7. The highest BCUT2D eigenvalue weighted by molar-refractivity contribution is 7.98. The molecule has 0 saturated heterocycles. The quantitative estimate of drug-likeness (QED) is 0.802. The Hall–Kier alpha value is -1.91. The summed E-state index contributed by atoms with van der Waals surface area (Å²) < 4.78 is 1.54. The van der Waals surface area contributed by atoms with Gasteiger partial charge in [0.1, 0.15) is 0 Å². The summed E-state index contributed by atoms with van der Waals surface area (Å²) in [6.45, 7) is 0.364. The predicted molar refractivity (Wildman–Crippen MR) is 65.6 cm³/mol. The Morgan fingerprint density at radius 1 is 1.39 bits per heavy atom. The van der Waals surface area contributed by atoms with Gasteiger partial charge >= 0.3 is 0 Å². The SMILES string of the molecule is N#Cc1ccccc1CSc1nnnn1CCO. The summed E-state index contributed by atoms with van der Waals surface area (Å²) in [5.74, 6) is 0.621. The van der Waals surface area contributed by atoms with E-state index in [9.17, 15) is 0 Å². The van der Waals surface area contributed by atoms with Gasteiger partial charge in [-0.25, -0.2) is 4.68 Å². The van der Waals surface area contributed by atoms with Crippen LogP contribution in [0.3, 0.4) is 0 Å². The van der Waals surface area contributed by atoms with Crippen molar-refractivity contribution in [3.63, 3.8) is 0 Å². The molecule has 6 nitrogen and oxygen atoms in total. The zero-order valence-corrected chi connectivity index (χ0v) is 10.3. The van der Waals surface area contributed by atoms with Crippen LogP contribution in [-0.4, -0.2) is 31.9 Å². The van der Waals surface area contributed by atoms with E-state index in [-0.39, 0.29) is 6.61 Å². The minimum atomic E-state index is -0.00656. The van der Waals surface area contributed by atoms with Crippen LogP contribution < -0.4 is 0 Å². The minimum absolute atomic E-state index is 0.00656. The number of thioether (sulfide) groups is 1. The van der Waals surface area contributed by atoms with Crippen molar-refractivity contribution in [2.45, 2.75) is 17.5 Å². The van der Waals surface area contributed by atoms with Crippen molar-refractivity contribution in [2.75, 3.05) is 6.61 Å². The molecule has 1 aromatic carbocycles. The van der Waals surface area contributed by atoms with E-state index < -0.39 is 0 Å². The number of aliphatic hydroxyl groups is 1. The van der Waals surface area contributed by atoms with E-state index in [0.29, 0.717) is 23.0 Å². The van der Waals surface area contributed by atoms with E-state index in [2.05, 4.69) is 21.6 Å². The number of tetrazole rings is 1. The van der Waals surface area contributed by atoms with Crippen LogP contribution >= 0.6 is 11.8 Å². The third kappa shape index (κ3) is 2.85.